The Balaban J connectivity index is 1.55. The summed E-state index contributed by atoms with van der Waals surface area (Å²) < 4.78 is 0. The fourth-order valence-corrected chi connectivity index (χ4v) is 6.36. The lowest BCUT2D eigenvalue weighted by Gasteiger charge is -2.59. The fraction of sp³-hybridized carbons (Fsp3) is 0.682. The molecule has 1 aliphatic heterocycles. The molecule has 0 aromatic heterocycles. The molecule has 5 rings (SSSR count). The van der Waals surface area contributed by atoms with E-state index < -0.39 is 0 Å². The number of Topliss-reactive ketones (excluding diaryl/α,β-unsaturated/α-hetero) is 1. The van der Waals surface area contributed by atoms with Crippen molar-refractivity contribution < 1.29 is 9.90 Å². The summed E-state index contributed by atoms with van der Waals surface area (Å²) in [5.74, 6) is 2.32. The number of ketones is 1. The van der Waals surface area contributed by atoms with E-state index in [1.54, 1.807) is 0 Å². The number of phenols is 1. The molecule has 25 heavy (non-hydrogen) atoms. The highest BCUT2D eigenvalue weighted by molar-refractivity contribution is 5.81. The minimum atomic E-state index is -0.0118. The van der Waals surface area contributed by atoms with E-state index in [0.29, 0.717) is 36.0 Å². The van der Waals surface area contributed by atoms with Gasteiger partial charge in [0.2, 0.25) is 0 Å². The minimum Gasteiger partial charge on any atom is -0.508 e. The first-order valence-corrected chi connectivity index (χ1v) is 10.2. The van der Waals surface area contributed by atoms with Crippen molar-refractivity contribution in [1.29, 1.82) is 0 Å². The molecule has 0 spiro atoms. The molecule has 4 atom stereocenters. The zero-order valence-electron chi connectivity index (χ0n) is 15.2. The number of benzene rings is 1. The molecule has 2 bridgehead atoms. The number of nitrogens with zero attached hydrogens (tertiary/aromatic N) is 1. The maximum Gasteiger partial charge on any atom is 0.133 e. The normalized spacial score (nSPS) is 35.8. The van der Waals surface area contributed by atoms with Crippen molar-refractivity contribution in [1.82, 2.24) is 4.90 Å². The van der Waals surface area contributed by atoms with E-state index in [-0.39, 0.29) is 5.41 Å². The van der Waals surface area contributed by atoms with Crippen LogP contribution in [0.1, 0.15) is 63.0 Å². The first kappa shape index (κ1) is 15.9. The van der Waals surface area contributed by atoms with Gasteiger partial charge in [-0.3, -0.25) is 9.69 Å². The van der Waals surface area contributed by atoms with Crippen LogP contribution < -0.4 is 0 Å². The smallest absolute Gasteiger partial charge is 0.133 e. The third-order valence-electron chi connectivity index (χ3n) is 7.66. The topological polar surface area (TPSA) is 40.5 Å². The van der Waals surface area contributed by atoms with Gasteiger partial charge in [0.15, 0.2) is 0 Å². The van der Waals surface area contributed by atoms with Crippen LogP contribution in [0.25, 0.3) is 0 Å². The molecule has 2 saturated carbocycles. The van der Waals surface area contributed by atoms with Crippen LogP contribution in [0.4, 0.5) is 0 Å². The highest BCUT2D eigenvalue weighted by Gasteiger charge is 2.56. The highest BCUT2D eigenvalue weighted by atomic mass is 16.3. The van der Waals surface area contributed by atoms with Crippen molar-refractivity contribution in [2.75, 3.05) is 6.54 Å². The molecule has 3 fully saturated rings. The Labute approximate surface area is 150 Å². The van der Waals surface area contributed by atoms with Crippen molar-refractivity contribution in [3.8, 4) is 5.75 Å². The second-order valence-corrected chi connectivity index (χ2v) is 9.15. The van der Waals surface area contributed by atoms with Gasteiger partial charge in [-0.25, -0.2) is 0 Å². The summed E-state index contributed by atoms with van der Waals surface area (Å²) in [6, 6.07) is 7.15. The van der Waals surface area contributed by atoms with E-state index in [4.69, 9.17) is 0 Å². The maximum atomic E-state index is 12.4. The number of carbonyl (C=O) groups is 1. The Morgan fingerprint density at radius 3 is 2.96 bits per heavy atom. The number of phenolic OH excluding ortho intramolecular Hbond substituents is 1. The number of hydrogen-bond acceptors (Lipinski definition) is 3. The summed E-state index contributed by atoms with van der Waals surface area (Å²) in [6.07, 6.45) is 8.83. The summed E-state index contributed by atoms with van der Waals surface area (Å²) in [5, 5.41) is 10.1. The van der Waals surface area contributed by atoms with Crippen molar-refractivity contribution in [3.05, 3.63) is 29.3 Å². The summed E-state index contributed by atoms with van der Waals surface area (Å²) >= 11 is 0. The molecule has 1 unspecified atom stereocenters. The molecular weight excluding hydrogens is 310 g/mol. The van der Waals surface area contributed by atoms with Gasteiger partial charge in [-0.15, -0.1) is 0 Å². The van der Waals surface area contributed by atoms with E-state index in [1.165, 1.54) is 30.4 Å². The first-order chi connectivity index (χ1) is 12.1. The second kappa shape index (κ2) is 5.57. The average molecular weight is 339 g/mol. The zero-order chi connectivity index (χ0) is 17.2. The lowest BCUT2D eigenvalue weighted by Crippen LogP contribution is -2.63. The number of fused-ring (bicyclic) bond motifs is 1. The monoisotopic (exact) mass is 339 g/mol. The Hall–Kier alpha value is -1.35. The van der Waals surface area contributed by atoms with Crippen molar-refractivity contribution in [2.24, 2.45) is 11.8 Å². The van der Waals surface area contributed by atoms with Gasteiger partial charge in [0, 0.05) is 30.3 Å². The van der Waals surface area contributed by atoms with Gasteiger partial charge >= 0.3 is 0 Å². The Kier molecular flexibility index (Phi) is 3.54. The quantitative estimate of drug-likeness (QED) is 0.910. The van der Waals surface area contributed by atoms with E-state index in [9.17, 15) is 9.90 Å². The van der Waals surface area contributed by atoms with E-state index in [2.05, 4.69) is 17.9 Å². The Morgan fingerprint density at radius 1 is 1.32 bits per heavy atom. The Bertz CT molecular complexity index is 710. The molecule has 134 valence electrons. The van der Waals surface area contributed by atoms with E-state index >= 15 is 0 Å². The van der Waals surface area contributed by atoms with Crippen molar-refractivity contribution in [2.45, 2.75) is 75.8 Å². The summed E-state index contributed by atoms with van der Waals surface area (Å²) in [7, 11) is 0. The molecule has 3 nitrogen and oxygen atoms in total. The van der Waals surface area contributed by atoms with Crippen LogP contribution >= 0.6 is 0 Å². The number of likely N-dealkylation sites (tertiary alicyclic amines) is 1. The van der Waals surface area contributed by atoms with Gasteiger partial charge < -0.3 is 5.11 Å². The van der Waals surface area contributed by atoms with E-state index in [0.717, 1.165) is 38.1 Å². The molecule has 0 amide bonds. The molecule has 1 aromatic rings. The van der Waals surface area contributed by atoms with Crippen LogP contribution in [-0.2, 0) is 16.6 Å². The maximum absolute atomic E-state index is 12.4. The van der Waals surface area contributed by atoms with Crippen LogP contribution in [0, 0.1) is 11.8 Å². The van der Waals surface area contributed by atoms with Gasteiger partial charge in [0.1, 0.15) is 11.5 Å². The van der Waals surface area contributed by atoms with E-state index in [1.807, 2.05) is 12.1 Å². The van der Waals surface area contributed by atoms with Gasteiger partial charge in [0.25, 0.3) is 0 Å². The minimum absolute atomic E-state index is 0.0118. The van der Waals surface area contributed by atoms with Gasteiger partial charge in [-0.2, -0.15) is 0 Å². The highest BCUT2D eigenvalue weighted by Crippen LogP contribution is 2.56. The molecule has 1 saturated heterocycles. The molecule has 1 N–H and O–H groups in total. The first-order valence-electron chi connectivity index (χ1n) is 10.2. The summed E-state index contributed by atoms with van der Waals surface area (Å²) in [5.41, 5.74) is 2.65. The summed E-state index contributed by atoms with van der Waals surface area (Å²) in [6.45, 7) is 3.53. The van der Waals surface area contributed by atoms with Crippen molar-refractivity contribution >= 4 is 5.78 Å². The van der Waals surface area contributed by atoms with Gasteiger partial charge in [0.05, 0.1) is 0 Å². The molecule has 3 aliphatic carbocycles. The third-order valence-corrected chi connectivity index (χ3v) is 7.66. The SMILES string of the molecule is CC(CC1CC1)N1CC[C@]23CC(=O)CC[C@H]2[C@H]1Cc1ccc(O)cc13. The fourth-order valence-electron chi connectivity index (χ4n) is 6.36. The third kappa shape index (κ3) is 2.46. The Morgan fingerprint density at radius 2 is 2.16 bits per heavy atom. The van der Waals surface area contributed by atoms with Crippen LogP contribution in [-0.4, -0.2) is 34.4 Å². The van der Waals surface area contributed by atoms with Crippen molar-refractivity contribution in [3.63, 3.8) is 0 Å². The van der Waals surface area contributed by atoms with Crippen LogP contribution in [0.2, 0.25) is 0 Å². The predicted molar refractivity (Wildman–Crippen MR) is 97.8 cm³/mol. The number of piperidine rings is 1. The molecule has 0 radical (unpaired) electrons. The predicted octanol–water partition coefficient (Wildman–Crippen LogP) is 3.82. The molecule has 3 heteroatoms. The second-order valence-electron chi connectivity index (χ2n) is 9.15. The molecule has 1 aromatic carbocycles. The average Bonchev–Trinajstić information content (AvgIpc) is 3.39. The largest absolute Gasteiger partial charge is 0.508 e. The number of rotatable bonds is 3. The van der Waals surface area contributed by atoms with Crippen LogP contribution in [0.3, 0.4) is 0 Å². The van der Waals surface area contributed by atoms with Gasteiger partial charge in [-0.05, 0) is 74.2 Å². The number of aromatic hydroxyl groups is 1. The lowest BCUT2D eigenvalue weighted by molar-refractivity contribution is -0.128. The zero-order valence-corrected chi connectivity index (χ0v) is 15.2. The number of hydrogen-bond donors (Lipinski definition) is 1. The lowest BCUT2D eigenvalue weighted by atomic mass is 9.52. The van der Waals surface area contributed by atoms with Crippen LogP contribution in [0.5, 0.6) is 5.75 Å². The summed E-state index contributed by atoms with van der Waals surface area (Å²) in [4.78, 5) is 15.2. The standard InChI is InChI=1S/C22H29NO2/c1-14(10-15-2-3-15)23-9-8-22-13-18(25)6-7-19(22)21(23)11-16-4-5-17(24)12-20(16)22/h4-5,12,14-15,19,21,24H,2-3,6-11,13H2,1H3/t14?,19-,21+,22-/m0/s1. The van der Waals surface area contributed by atoms with Crippen LogP contribution in [0.15, 0.2) is 18.2 Å². The van der Waals surface area contributed by atoms with Gasteiger partial charge in [-0.1, -0.05) is 18.9 Å². The molecule has 1 heterocycles. The molecular formula is C22H29NO2. The number of carbonyl (C=O) groups excluding carboxylic acids is 1. The molecule has 4 aliphatic rings.